The topological polar surface area (TPSA) is 55.8 Å². The minimum absolute atomic E-state index is 0.209. The second kappa shape index (κ2) is 6.23. The Morgan fingerprint density at radius 2 is 2.10 bits per heavy atom. The molecule has 1 aliphatic heterocycles. The molecule has 0 radical (unpaired) electrons. The zero-order chi connectivity index (χ0) is 15.7. The van der Waals surface area contributed by atoms with E-state index in [0.29, 0.717) is 0 Å². The first-order valence-electron chi connectivity index (χ1n) is 8.18. The van der Waals surface area contributed by atoms with Crippen LogP contribution in [0.1, 0.15) is 39.5 Å². The Morgan fingerprint density at radius 1 is 1.38 bits per heavy atom. The predicted molar refractivity (Wildman–Crippen MR) is 84.5 cm³/mol. The maximum absolute atomic E-state index is 11.7. The molecule has 0 aromatic carbocycles. The standard InChI is InChI=1S/C16H31N3O2/c1-15(2)12-19(11-10-18(15)4)9-7-13-6-5-8-16(13,17-3)14(20)21/h13,17H,5-12H2,1-4H3,(H,20,21). The van der Waals surface area contributed by atoms with E-state index in [1.54, 1.807) is 7.05 Å². The third-order valence-corrected chi connectivity index (χ3v) is 5.84. The van der Waals surface area contributed by atoms with E-state index in [-0.39, 0.29) is 11.5 Å². The molecule has 0 aromatic heterocycles. The van der Waals surface area contributed by atoms with Crippen molar-refractivity contribution in [3.8, 4) is 0 Å². The minimum Gasteiger partial charge on any atom is -0.480 e. The Kier molecular flexibility index (Phi) is 4.96. The van der Waals surface area contributed by atoms with Crippen molar-refractivity contribution in [1.82, 2.24) is 15.1 Å². The highest BCUT2D eigenvalue weighted by molar-refractivity contribution is 5.79. The summed E-state index contributed by atoms with van der Waals surface area (Å²) in [6.45, 7) is 8.82. The summed E-state index contributed by atoms with van der Waals surface area (Å²) >= 11 is 0. The van der Waals surface area contributed by atoms with Gasteiger partial charge < -0.3 is 15.3 Å². The molecule has 5 heteroatoms. The van der Waals surface area contributed by atoms with Crippen molar-refractivity contribution in [2.75, 3.05) is 40.3 Å². The average Bonchev–Trinajstić information content (AvgIpc) is 2.84. The largest absolute Gasteiger partial charge is 0.480 e. The Labute approximate surface area is 128 Å². The molecule has 2 unspecified atom stereocenters. The average molecular weight is 297 g/mol. The third-order valence-electron chi connectivity index (χ3n) is 5.84. The van der Waals surface area contributed by atoms with Gasteiger partial charge in [0.2, 0.25) is 0 Å². The monoisotopic (exact) mass is 297 g/mol. The van der Waals surface area contributed by atoms with Crippen LogP contribution < -0.4 is 5.32 Å². The van der Waals surface area contributed by atoms with Gasteiger partial charge in [-0.2, -0.15) is 0 Å². The van der Waals surface area contributed by atoms with Gasteiger partial charge >= 0.3 is 5.97 Å². The van der Waals surface area contributed by atoms with Crippen molar-refractivity contribution >= 4 is 5.97 Å². The molecule has 5 nitrogen and oxygen atoms in total. The summed E-state index contributed by atoms with van der Waals surface area (Å²) in [5.74, 6) is -0.422. The van der Waals surface area contributed by atoms with Crippen molar-refractivity contribution in [2.24, 2.45) is 5.92 Å². The first-order valence-corrected chi connectivity index (χ1v) is 8.18. The molecule has 1 aliphatic carbocycles. The van der Waals surface area contributed by atoms with Crippen LogP contribution in [0.3, 0.4) is 0 Å². The fourth-order valence-corrected chi connectivity index (χ4v) is 4.06. The fourth-order valence-electron chi connectivity index (χ4n) is 4.06. The second-order valence-electron chi connectivity index (χ2n) is 7.41. The molecule has 1 saturated carbocycles. The molecule has 21 heavy (non-hydrogen) atoms. The number of aliphatic carboxylic acids is 1. The summed E-state index contributed by atoms with van der Waals surface area (Å²) in [7, 11) is 3.98. The molecule has 0 spiro atoms. The van der Waals surface area contributed by atoms with Gasteiger partial charge in [-0.25, -0.2) is 0 Å². The number of carboxylic acids is 1. The first-order chi connectivity index (χ1) is 9.82. The van der Waals surface area contributed by atoms with Gasteiger partial charge in [0.05, 0.1) is 0 Å². The summed E-state index contributed by atoms with van der Waals surface area (Å²) in [5.41, 5.74) is -0.483. The lowest BCUT2D eigenvalue weighted by molar-refractivity contribution is -0.146. The van der Waals surface area contributed by atoms with E-state index in [9.17, 15) is 9.90 Å². The molecule has 1 heterocycles. The molecule has 2 atom stereocenters. The van der Waals surface area contributed by atoms with Gasteiger partial charge in [-0.15, -0.1) is 0 Å². The zero-order valence-electron chi connectivity index (χ0n) is 14.0. The number of carboxylic acid groups (broad SMARTS) is 1. The van der Waals surface area contributed by atoms with Crippen molar-refractivity contribution < 1.29 is 9.90 Å². The Bertz CT molecular complexity index is 386. The molecule has 2 N–H and O–H groups in total. The molecule has 0 aromatic rings. The lowest BCUT2D eigenvalue weighted by Gasteiger charge is -2.46. The van der Waals surface area contributed by atoms with Gasteiger partial charge in [-0.3, -0.25) is 9.69 Å². The van der Waals surface area contributed by atoms with Gasteiger partial charge in [0.25, 0.3) is 0 Å². The van der Waals surface area contributed by atoms with E-state index in [2.05, 4.69) is 36.0 Å². The van der Waals surface area contributed by atoms with E-state index in [4.69, 9.17) is 0 Å². The van der Waals surface area contributed by atoms with Crippen LogP contribution in [0.4, 0.5) is 0 Å². The number of nitrogens with one attached hydrogen (secondary N) is 1. The molecular formula is C16H31N3O2. The van der Waals surface area contributed by atoms with Crippen molar-refractivity contribution in [3.05, 3.63) is 0 Å². The lowest BCUT2D eigenvalue weighted by Crippen LogP contribution is -2.58. The number of likely N-dealkylation sites (N-methyl/N-ethyl adjacent to an activating group) is 2. The fraction of sp³-hybridized carbons (Fsp3) is 0.938. The molecule has 122 valence electrons. The van der Waals surface area contributed by atoms with Crippen molar-refractivity contribution in [2.45, 2.75) is 50.6 Å². The number of nitrogens with zero attached hydrogens (tertiary/aromatic N) is 2. The maximum atomic E-state index is 11.7. The van der Waals surface area contributed by atoms with Crippen LogP contribution in [0.15, 0.2) is 0 Å². The third kappa shape index (κ3) is 3.25. The summed E-state index contributed by atoms with van der Waals surface area (Å²) in [4.78, 5) is 16.6. The quantitative estimate of drug-likeness (QED) is 0.800. The number of rotatable bonds is 5. The van der Waals surface area contributed by atoms with Crippen LogP contribution in [0.25, 0.3) is 0 Å². The highest BCUT2D eigenvalue weighted by Crippen LogP contribution is 2.38. The van der Waals surface area contributed by atoms with Gasteiger partial charge in [-0.1, -0.05) is 6.42 Å². The first kappa shape index (κ1) is 16.7. The summed E-state index contributed by atoms with van der Waals surface area (Å²) < 4.78 is 0. The molecule has 2 fully saturated rings. The molecule has 2 rings (SSSR count). The molecular weight excluding hydrogens is 266 g/mol. The van der Waals surface area contributed by atoms with Crippen LogP contribution in [0.5, 0.6) is 0 Å². The Morgan fingerprint density at radius 3 is 2.67 bits per heavy atom. The predicted octanol–water partition coefficient (Wildman–Crippen LogP) is 1.25. The van der Waals surface area contributed by atoms with Crippen LogP contribution in [-0.2, 0) is 4.79 Å². The highest BCUT2D eigenvalue weighted by Gasteiger charge is 2.47. The maximum Gasteiger partial charge on any atom is 0.324 e. The molecule has 0 bridgehead atoms. The van der Waals surface area contributed by atoms with Crippen LogP contribution in [0.2, 0.25) is 0 Å². The number of carbonyl (C=O) groups is 1. The normalized spacial score (nSPS) is 34.2. The van der Waals surface area contributed by atoms with E-state index >= 15 is 0 Å². The molecule has 2 aliphatic rings. The van der Waals surface area contributed by atoms with Gasteiger partial charge in [0.1, 0.15) is 5.54 Å². The zero-order valence-corrected chi connectivity index (χ0v) is 14.0. The van der Waals surface area contributed by atoms with Gasteiger partial charge in [0, 0.05) is 25.2 Å². The van der Waals surface area contributed by atoms with E-state index in [0.717, 1.165) is 51.9 Å². The van der Waals surface area contributed by atoms with Crippen molar-refractivity contribution in [1.29, 1.82) is 0 Å². The SMILES string of the molecule is CNC1(C(=O)O)CCCC1CCN1CCN(C)C(C)(C)C1. The molecule has 0 amide bonds. The summed E-state index contributed by atoms with van der Waals surface area (Å²) in [6.07, 6.45) is 3.79. The highest BCUT2D eigenvalue weighted by atomic mass is 16.4. The second-order valence-corrected chi connectivity index (χ2v) is 7.41. The van der Waals surface area contributed by atoms with Crippen LogP contribution in [-0.4, -0.2) is 72.2 Å². The summed E-state index contributed by atoms with van der Waals surface area (Å²) in [6, 6.07) is 0. The number of hydrogen-bond donors (Lipinski definition) is 2. The minimum atomic E-state index is -0.692. The van der Waals surface area contributed by atoms with Crippen LogP contribution in [0, 0.1) is 5.92 Å². The van der Waals surface area contributed by atoms with E-state index in [1.165, 1.54) is 0 Å². The summed E-state index contributed by atoms with van der Waals surface area (Å²) in [5, 5.41) is 12.7. The number of hydrogen-bond acceptors (Lipinski definition) is 4. The smallest absolute Gasteiger partial charge is 0.324 e. The van der Waals surface area contributed by atoms with Gasteiger partial charge in [0.15, 0.2) is 0 Å². The lowest BCUT2D eigenvalue weighted by atomic mass is 9.84. The Hall–Kier alpha value is -0.650. The van der Waals surface area contributed by atoms with Crippen molar-refractivity contribution in [3.63, 3.8) is 0 Å². The van der Waals surface area contributed by atoms with E-state index < -0.39 is 11.5 Å². The molecule has 1 saturated heterocycles. The van der Waals surface area contributed by atoms with Gasteiger partial charge in [-0.05, 0) is 59.7 Å². The van der Waals surface area contributed by atoms with E-state index in [1.807, 2.05) is 0 Å². The van der Waals surface area contributed by atoms with Crippen LogP contribution >= 0.6 is 0 Å². The Balaban J connectivity index is 1.92. The number of piperazine rings is 1.